The summed E-state index contributed by atoms with van der Waals surface area (Å²) >= 11 is 11.8. The van der Waals surface area contributed by atoms with E-state index in [1.807, 2.05) is 0 Å². The highest BCUT2D eigenvalue weighted by molar-refractivity contribution is 6.43. The van der Waals surface area contributed by atoms with Gasteiger partial charge in [-0.15, -0.1) is 0 Å². The maximum atomic E-state index is 12.5. The molecule has 1 aliphatic heterocycles. The molecule has 0 atom stereocenters. The number of amides is 3. The van der Waals surface area contributed by atoms with E-state index in [0.717, 1.165) is 4.90 Å². The molecule has 0 saturated carbocycles. The zero-order chi connectivity index (χ0) is 18.6. The van der Waals surface area contributed by atoms with Crippen LogP contribution in [0.5, 0.6) is 0 Å². The quantitative estimate of drug-likeness (QED) is 0.633. The highest BCUT2D eigenvalue weighted by atomic mass is 35.5. The maximum absolute atomic E-state index is 12.5. The van der Waals surface area contributed by atoms with Crippen LogP contribution in [0.25, 0.3) is 0 Å². The lowest BCUT2D eigenvalue weighted by Gasteiger charge is -2.24. The standard InChI is InChI=1S/C16H18Cl2N2O5/c1-24-5-3-19(4-6-25-2)14(21)9-20-15(22)10-7-12(17)13(18)8-11(10)16(20)23/h7-8H,3-6,9H2,1-2H3. The van der Waals surface area contributed by atoms with Gasteiger partial charge < -0.3 is 14.4 Å². The first-order valence-corrected chi connectivity index (χ1v) is 8.27. The van der Waals surface area contributed by atoms with E-state index in [1.165, 1.54) is 31.3 Å². The van der Waals surface area contributed by atoms with Crippen molar-refractivity contribution >= 4 is 40.9 Å². The Kier molecular flexibility index (Phi) is 6.78. The molecule has 136 valence electrons. The summed E-state index contributed by atoms with van der Waals surface area (Å²) < 4.78 is 9.96. The van der Waals surface area contributed by atoms with E-state index in [9.17, 15) is 14.4 Å². The van der Waals surface area contributed by atoms with E-state index >= 15 is 0 Å². The molecule has 0 fully saturated rings. The Hall–Kier alpha value is -1.67. The normalized spacial score (nSPS) is 13.4. The zero-order valence-corrected chi connectivity index (χ0v) is 15.4. The number of hydrogen-bond donors (Lipinski definition) is 0. The summed E-state index contributed by atoms with van der Waals surface area (Å²) in [7, 11) is 3.05. The number of carbonyl (C=O) groups is 3. The third kappa shape index (κ3) is 4.30. The molecule has 0 unspecified atom stereocenters. The summed E-state index contributed by atoms with van der Waals surface area (Å²) in [5.41, 5.74) is 0.292. The number of hydrogen-bond acceptors (Lipinski definition) is 5. The van der Waals surface area contributed by atoms with Gasteiger partial charge in [-0.3, -0.25) is 19.3 Å². The Bertz CT molecular complexity index is 646. The van der Waals surface area contributed by atoms with Gasteiger partial charge in [0.25, 0.3) is 11.8 Å². The van der Waals surface area contributed by atoms with Crippen LogP contribution in [0.4, 0.5) is 0 Å². The van der Waals surface area contributed by atoms with Gasteiger partial charge in [0.05, 0.1) is 34.4 Å². The Morgan fingerprint density at radius 1 is 1.00 bits per heavy atom. The summed E-state index contributed by atoms with van der Waals surface area (Å²) in [4.78, 5) is 39.8. The number of carbonyl (C=O) groups excluding carboxylic acids is 3. The fraction of sp³-hybridized carbons (Fsp3) is 0.438. The van der Waals surface area contributed by atoms with Crippen LogP contribution in [0, 0.1) is 0 Å². The first kappa shape index (κ1) is 19.7. The smallest absolute Gasteiger partial charge is 0.262 e. The van der Waals surface area contributed by atoms with E-state index in [1.54, 1.807) is 0 Å². The number of nitrogens with zero attached hydrogens (tertiary/aromatic N) is 2. The van der Waals surface area contributed by atoms with Crippen molar-refractivity contribution < 1.29 is 23.9 Å². The number of imide groups is 1. The van der Waals surface area contributed by atoms with Gasteiger partial charge in [0.2, 0.25) is 5.91 Å². The third-order valence-electron chi connectivity index (χ3n) is 3.79. The second kappa shape index (κ2) is 8.62. The minimum atomic E-state index is -0.564. The molecule has 0 spiro atoms. The predicted octanol–water partition coefficient (Wildman–Crippen LogP) is 1.71. The maximum Gasteiger partial charge on any atom is 0.262 e. The highest BCUT2D eigenvalue weighted by Gasteiger charge is 2.38. The van der Waals surface area contributed by atoms with Crippen molar-refractivity contribution in [1.82, 2.24) is 9.80 Å². The van der Waals surface area contributed by atoms with Gasteiger partial charge in [-0.05, 0) is 12.1 Å². The second-order valence-corrected chi connectivity index (χ2v) is 6.19. The lowest BCUT2D eigenvalue weighted by atomic mass is 10.1. The molecule has 0 aliphatic carbocycles. The fourth-order valence-electron chi connectivity index (χ4n) is 2.43. The number of fused-ring (bicyclic) bond motifs is 1. The molecule has 1 aromatic rings. The first-order chi connectivity index (χ1) is 11.9. The molecule has 3 amide bonds. The van der Waals surface area contributed by atoms with Crippen LogP contribution in [0.3, 0.4) is 0 Å². The first-order valence-electron chi connectivity index (χ1n) is 7.51. The Labute approximate surface area is 155 Å². The van der Waals surface area contributed by atoms with E-state index < -0.39 is 11.8 Å². The van der Waals surface area contributed by atoms with Gasteiger partial charge in [0.15, 0.2) is 0 Å². The van der Waals surface area contributed by atoms with Gasteiger partial charge in [0.1, 0.15) is 6.54 Å². The summed E-state index contributed by atoms with van der Waals surface area (Å²) in [5.74, 6) is -1.50. The Morgan fingerprint density at radius 2 is 1.44 bits per heavy atom. The molecule has 0 aromatic heterocycles. The summed E-state index contributed by atoms with van der Waals surface area (Å²) in [6, 6.07) is 2.69. The Morgan fingerprint density at radius 3 is 1.84 bits per heavy atom. The molecule has 0 bridgehead atoms. The lowest BCUT2D eigenvalue weighted by molar-refractivity contribution is -0.132. The molecule has 25 heavy (non-hydrogen) atoms. The van der Waals surface area contributed by atoms with Gasteiger partial charge in [0, 0.05) is 27.3 Å². The van der Waals surface area contributed by atoms with E-state index in [2.05, 4.69) is 0 Å². The molecule has 1 heterocycles. The van der Waals surface area contributed by atoms with Crippen LogP contribution in [-0.2, 0) is 14.3 Å². The van der Waals surface area contributed by atoms with Crippen LogP contribution < -0.4 is 0 Å². The van der Waals surface area contributed by atoms with Crippen molar-refractivity contribution in [3.63, 3.8) is 0 Å². The molecule has 7 nitrogen and oxygen atoms in total. The van der Waals surface area contributed by atoms with E-state index in [0.29, 0.717) is 26.3 Å². The van der Waals surface area contributed by atoms with Gasteiger partial charge in [-0.2, -0.15) is 0 Å². The van der Waals surface area contributed by atoms with Crippen LogP contribution in [0.1, 0.15) is 20.7 Å². The van der Waals surface area contributed by atoms with Crippen molar-refractivity contribution in [1.29, 1.82) is 0 Å². The van der Waals surface area contributed by atoms with Crippen molar-refractivity contribution in [2.24, 2.45) is 0 Å². The predicted molar refractivity (Wildman–Crippen MR) is 92.2 cm³/mol. The number of halogens is 2. The lowest BCUT2D eigenvalue weighted by Crippen LogP contribution is -2.44. The summed E-state index contributed by atoms with van der Waals surface area (Å²) in [6.07, 6.45) is 0. The molecular formula is C16H18Cl2N2O5. The van der Waals surface area contributed by atoms with Crippen molar-refractivity contribution in [2.75, 3.05) is 47.1 Å². The second-order valence-electron chi connectivity index (χ2n) is 5.37. The minimum Gasteiger partial charge on any atom is -0.383 e. The molecular weight excluding hydrogens is 371 g/mol. The number of benzene rings is 1. The van der Waals surface area contributed by atoms with Gasteiger partial charge >= 0.3 is 0 Å². The van der Waals surface area contributed by atoms with Crippen LogP contribution in [0.15, 0.2) is 12.1 Å². The number of ether oxygens (including phenoxy) is 2. The molecule has 0 saturated heterocycles. The average molecular weight is 389 g/mol. The number of rotatable bonds is 8. The summed E-state index contributed by atoms with van der Waals surface area (Å²) in [5, 5.41) is 0.355. The van der Waals surface area contributed by atoms with Crippen molar-refractivity contribution in [3.8, 4) is 0 Å². The summed E-state index contributed by atoms with van der Waals surface area (Å²) in [6.45, 7) is 0.972. The molecule has 2 rings (SSSR count). The van der Waals surface area contributed by atoms with Crippen molar-refractivity contribution in [3.05, 3.63) is 33.3 Å². The zero-order valence-electron chi connectivity index (χ0n) is 13.9. The largest absolute Gasteiger partial charge is 0.383 e. The third-order valence-corrected chi connectivity index (χ3v) is 4.51. The Balaban J connectivity index is 2.15. The van der Waals surface area contributed by atoms with Crippen LogP contribution >= 0.6 is 23.2 Å². The SMILES string of the molecule is COCCN(CCOC)C(=O)CN1C(=O)c2cc(Cl)c(Cl)cc2C1=O. The highest BCUT2D eigenvalue weighted by Crippen LogP contribution is 2.31. The average Bonchev–Trinajstić information content (AvgIpc) is 2.80. The van der Waals surface area contributed by atoms with E-state index in [4.69, 9.17) is 32.7 Å². The molecule has 9 heteroatoms. The molecule has 1 aromatic carbocycles. The van der Waals surface area contributed by atoms with Crippen molar-refractivity contribution in [2.45, 2.75) is 0 Å². The van der Waals surface area contributed by atoms with Gasteiger partial charge in [-0.1, -0.05) is 23.2 Å². The molecule has 1 aliphatic rings. The van der Waals surface area contributed by atoms with Crippen LogP contribution in [0.2, 0.25) is 10.0 Å². The monoisotopic (exact) mass is 388 g/mol. The van der Waals surface area contributed by atoms with E-state index in [-0.39, 0.29) is 33.6 Å². The van der Waals surface area contributed by atoms with Crippen LogP contribution in [-0.4, -0.2) is 74.6 Å². The topological polar surface area (TPSA) is 76.2 Å². The molecule has 0 N–H and O–H groups in total. The fourth-order valence-corrected chi connectivity index (χ4v) is 2.75. The molecule has 0 radical (unpaired) electrons. The van der Waals surface area contributed by atoms with Gasteiger partial charge in [-0.25, -0.2) is 0 Å². The number of methoxy groups -OCH3 is 2. The minimum absolute atomic E-state index is 0.146.